The van der Waals surface area contributed by atoms with Crippen molar-refractivity contribution in [3.8, 4) is 11.5 Å². The molecule has 0 saturated heterocycles. The quantitative estimate of drug-likeness (QED) is 0.453. The van der Waals surface area contributed by atoms with E-state index in [1.807, 2.05) is 4.72 Å². The summed E-state index contributed by atoms with van der Waals surface area (Å²) in [6, 6.07) is 10.2. The van der Waals surface area contributed by atoms with Crippen molar-refractivity contribution in [3.05, 3.63) is 72.6 Å². The predicted octanol–water partition coefficient (Wildman–Crippen LogP) is 2.93. The Morgan fingerprint density at radius 3 is 2.55 bits per heavy atom. The van der Waals surface area contributed by atoms with Crippen molar-refractivity contribution in [2.24, 2.45) is 0 Å². The molecule has 2 aromatic rings. The molecule has 0 spiro atoms. The van der Waals surface area contributed by atoms with Crippen LogP contribution in [0.25, 0.3) is 6.08 Å². The predicted molar refractivity (Wildman–Crippen MR) is 110 cm³/mol. The Labute approximate surface area is 168 Å². The second kappa shape index (κ2) is 10.3. The first-order valence-electron chi connectivity index (χ1n) is 8.46. The molecule has 0 radical (unpaired) electrons. The Balaban J connectivity index is 1.95. The molecule has 2 N–H and O–H groups in total. The summed E-state index contributed by atoms with van der Waals surface area (Å²) < 4.78 is 49.4. The molecule has 0 atom stereocenters. The molecule has 2 aromatic carbocycles. The minimum atomic E-state index is -3.93. The monoisotopic (exact) mass is 420 g/mol. The van der Waals surface area contributed by atoms with Crippen LogP contribution >= 0.6 is 0 Å². The summed E-state index contributed by atoms with van der Waals surface area (Å²) in [4.78, 5) is 11.9. The van der Waals surface area contributed by atoms with Crippen LogP contribution in [0.2, 0.25) is 0 Å². The topological polar surface area (TPSA) is 93.7 Å². The normalized spacial score (nSPS) is 11.1. The maximum atomic E-state index is 12.9. The van der Waals surface area contributed by atoms with Crippen LogP contribution in [0.4, 0.5) is 10.1 Å². The van der Waals surface area contributed by atoms with Crippen LogP contribution in [-0.4, -0.2) is 33.9 Å². The lowest BCUT2D eigenvalue weighted by Crippen LogP contribution is -2.33. The van der Waals surface area contributed by atoms with E-state index in [0.717, 1.165) is 6.08 Å². The van der Waals surface area contributed by atoms with Gasteiger partial charge in [-0.25, -0.2) is 17.5 Å². The number of hydrogen-bond donors (Lipinski definition) is 2. The van der Waals surface area contributed by atoms with Gasteiger partial charge in [-0.1, -0.05) is 18.7 Å². The van der Waals surface area contributed by atoms with Gasteiger partial charge in [-0.3, -0.25) is 4.79 Å². The Hall–Kier alpha value is -3.33. The zero-order chi connectivity index (χ0) is 21.3. The fourth-order valence-corrected chi connectivity index (χ4v) is 3.00. The summed E-state index contributed by atoms with van der Waals surface area (Å²) in [5.74, 6) is -0.805. The minimum absolute atomic E-state index is 0.317. The zero-order valence-electron chi connectivity index (χ0n) is 15.7. The molecule has 29 heavy (non-hydrogen) atoms. The largest absolute Gasteiger partial charge is 0.493 e. The molecule has 0 heterocycles. The van der Waals surface area contributed by atoms with Gasteiger partial charge in [0.1, 0.15) is 18.3 Å². The fourth-order valence-electron chi connectivity index (χ4n) is 2.20. The van der Waals surface area contributed by atoms with Gasteiger partial charge in [0.05, 0.1) is 7.11 Å². The number of hydrogen-bond acceptors (Lipinski definition) is 6. The van der Waals surface area contributed by atoms with E-state index < -0.39 is 27.6 Å². The van der Waals surface area contributed by atoms with E-state index >= 15 is 0 Å². The third-order valence-electron chi connectivity index (χ3n) is 3.54. The smallest absolute Gasteiger partial charge is 0.257 e. The maximum Gasteiger partial charge on any atom is 0.257 e. The van der Waals surface area contributed by atoms with E-state index in [9.17, 15) is 17.6 Å². The SMILES string of the molecule is C=CCOc1ccc(/C=C/C(=O)NS(=O)(=O)CNc2ccc(F)cc2)cc1OC. The lowest BCUT2D eigenvalue weighted by molar-refractivity contribution is -0.114. The molecule has 0 fully saturated rings. The first-order chi connectivity index (χ1) is 13.8. The number of sulfonamides is 1. The average molecular weight is 420 g/mol. The van der Waals surface area contributed by atoms with Crippen LogP contribution in [0, 0.1) is 5.82 Å². The molecule has 9 heteroatoms. The number of methoxy groups -OCH3 is 1. The number of benzene rings is 2. The van der Waals surface area contributed by atoms with Gasteiger partial charge in [-0.15, -0.1) is 0 Å². The number of carbonyl (C=O) groups excluding carboxylic acids is 1. The van der Waals surface area contributed by atoms with E-state index in [1.165, 1.54) is 37.5 Å². The van der Waals surface area contributed by atoms with E-state index in [1.54, 1.807) is 24.3 Å². The number of halogens is 1. The van der Waals surface area contributed by atoms with Crippen LogP contribution in [0.3, 0.4) is 0 Å². The second-order valence-electron chi connectivity index (χ2n) is 5.75. The molecule has 0 aliphatic rings. The highest BCUT2D eigenvalue weighted by Crippen LogP contribution is 2.28. The van der Waals surface area contributed by atoms with E-state index in [4.69, 9.17) is 9.47 Å². The molecule has 2 rings (SSSR count). The molecule has 0 aromatic heterocycles. The van der Waals surface area contributed by atoms with Gasteiger partial charge in [-0.2, -0.15) is 0 Å². The number of anilines is 1. The third-order valence-corrected chi connectivity index (χ3v) is 4.57. The highest BCUT2D eigenvalue weighted by molar-refractivity contribution is 7.90. The van der Waals surface area contributed by atoms with Crippen LogP contribution in [0.5, 0.6) is 11.5 Å². The summed E-state index contributed by atoms with van der Waals surface area (Å²) in [5, 5.41) is 2.60. The van der Waals surface area contributed by atoms with Crippen molar-refractivity contribution in [3.63, 3.8) is 0 Å². The number of rotatable bonds is 10. The van der Waals surface area contributed by atoms with Crippen molar-refractivity contribution in [2.45, 2.75) is 0 Å². The Bertz CT molecular complexity index is 988. The van der Waals surface area contributed by atoms with E-state index in [-0.39, 0.29) is 0 Å². The van der Waals surface area contributed by atoms with Gasteiger partial charge in [0, 0.05) is 11.8 Å². The van der Waals surface area contributed by atoms with Crippen molar-refractivity contribution in [2.75, 3.05) is 24.9 Å². The van der Waals surface area contributed by atoms with Crippen LogP contribution in [-0.2, 0) is 14.8 Å². The first-order valence-corrected chi connectivity index (χ1v) is 10.1. The summed E-state index contributed by atoms with van der Waals surface area (Å²) in [7, 11) is -2.45. The molecular formula is C20H21FN2O5S. The number of carbonyl (C=O) groups is 1. The lowest BCUT2D eigenvalue weighted by atomic mass is 10.2. The van der Waals surface area contributed by atoms with Gasteiger partial charge >= 0.3 is 0 Å². The first kappa shape index (κ1) is 22.0. The Morgan fingerprint density at radius 2 is 1.90 bits per heavy atom. The lowest BCUT2D eigenvalue weighted by Gasteiger charge is -2.10. The second-order valence-corrected chi connectivity index (χ2v) is 7.47. The number of nitrogens with one attached hydrogen (secondary N) is 2. The van der Waals surface area contributed by atoms with Gasteiger partial charge < -0.3 is 14.8 Å². The van der Waals surface area contributed by atoms with Crippen molar-refractivity contribution in [1.29, 1.82) is 0 Å². The summed E-state index contributed by atoms with van der Waals surface area (Å²) >= 11 is 0. The van der Waals surface area contributed by atoms with Crippen LogP contribution in [0.1, 0.15) is 5.56 Å². The van der Waals surface area contributed by atoms with Crippen LogP contribution < -0.4 is 19.5 Å². The molecule has 0 saturated carbocycles. The maximum absolute atomic E-state index is 12.9. The molecule has 7 nitrogen and oxygen atoms in total. The molecule has 0 aliphatic carbocycles. The summed E-state index contributed by atoms with van der Waals surface area (Å²) in [6.45, 7) is 3.89. The van der Waals surface area contributed by atoms with Crippen molar-refractivity contribution >= 4 is 27.7 Å². The van der Waals surface area contributed by atoms with Gasteiger partial charge in [0.2, 0.25) is 0 Å². The standard InChI is InChI=1S/C20H21FN2O5S/c1-3-12-28-18-10-4-15(13-19(18)27-2)5-11-20(24)23-29(25,26)14-22-17-8-6-16(21)7-9-17/h3-11,13,22H,1,12,14H2,2H3,(H,23,24)/b11-5+. The molecule has 154 valence electrons. The zero-order valence-corrected chi connectivity index (χ0v) is 16.5. The van der Waals surface area contributed by atoms with Gasteiger partial charge in [0.15, 0.2) is 11.5 Å². The molecule has 0 unspecified atom stereocenters. The molecule has 0 aliphatic heterocycles. The third kappa shape index (κ3) is 7.30. The molecule has 1 amide bonds. The minimum Gasteiger partial charge on any atom is -0.493 e. The van der Waals surface area contributed by atoms with E-state index in [0.29, 0.717) is 29.4 Å². The van der Waals surface area contributed by atoms with Gasteiger partial charge in [-0.05, 0) is 48.0 Å². The molecular weight excluding hydrogens is 399 g/mol. The number of ether oxygens (including phenoxy) is 2. The number of amides is 1. The van der Waals surface area contributed by atoms with Crippen molar-refractivity contribution < 1.29 is 27.1 Å². The Morgan fingerprint density at radius 1 is 1.17 bits per heavy atom. The fraction of sp³-hybridized carbons (Fsp3) is 0.150. The molecule has 0 bridgehead atoms. The summed E-state index contributed by atoms with van der Waals surface area (Å²) in [5.41, 5.74) is 1.02. The van der Waals surface area contributed by atoms with Gasteiger partial charge in [0.25, 0.3) is 15.9 Å². The average Bonchev–Trinajstić information content (AvgIpc) is 2.70. The van der Waals surface area contributed by atoms with E-state index in [2.05, 4.69) is 11.9 Å². The van der Waals surface area contributed by atoms with Crippen molar-refractivity contribution in [1.82, 2.24) is 4.72 Å². The highest BCUT2D eigenvalue weighted by Gasteiger charge is 2.13. The summed E-state index contributed by atoms with van der Waals surface area (Å²) in [6.07, 6.45) is 4.13. The van der Waals surface area contributed by atoms with Crippen LogP contribution in [0.15, 0.2) is 61.2 Å². The highest BCUT2D eigenvalue weighted by atomic mass is 32.2. The Kier molecular flexibility index (Phi) is 7.79.